The van der Waals surface area contributed by atoms with E-state index in [9.17, 15) is 0 Å². The van der Waals surface area contributed by atoms with E-state index in [2.05, 4.69) is 34.4 Å². The third-order valence-electron chi connectivity index (χ3n) is 3.07. The summed E-state index contributed by atoms with van der Waals surface area (Å²) in [5.41, 5.74) is 1.15. The average Bonchev–Trinajstić information content (AvgIpc) is 2.88. The van der Waals surface area contributed by atoms with E-state index in [1.54, 1.807) is 11.3 Å². The van der Waals surface area contributed by atoms with Gasteiger partial charge in [-0.25, -0.2) is 4.98 Å². The van der Waals surface area contributed by atoms with E-state index < -0.39 is 0 Å². The van der Waals surface area contributed by atoms with Gasteiger partial charge in [-0.2, -0.15) is 0 Å². The molecule has 1 fully saturated rings. The Morgan fingerprint density at radius 1 is 1.59 bits per heavy atom. The number of thiazole rings is 1. The number of nitrogens with zero attached hydrogens (tertiary/aromatic N) is 2. The molecule has 0 bridgehead atoms. The van der Waals surface area contributed by atoms with Gasteiger partial charge in [0.2, 0.25) is 0 Å². The minimum Gasteiger partial charge on any atom is -0.315 e. The van der Waals surface area contributed by atoms with Crippen LogP contribution in [0.1, 0.15) is 30.5 Å². The molecule has 0 spiro atoms. The number of hydrogen-bond donors (Lipinski definition) is 1. The molecule has 17 heavy (non-hydrogen) atoms. The summed E-state index contributed by atoms with van der Waals surface area (Å²) in [5, 5.41) is 6.85. The Morgan fingerprint density at radius 2 is 2.41 bits per heavy atom. The van der Waals surface area contributed by atoms with Crippen LogP contribution in [0.5, 0.6) is 0 Å². The molecule has 2 rings (SSSR count). The van der Waals surface area contributed by atoms with Crippen LogP contribution < -0.4 is 5.32 Å². The number of halogens is 1. The highest BCUT2D eigenvalue weighted by molar-refractivity contribution is 7.09. The fourth-order valence-electron chi connectivity index (χ4n) is 2.28. The average molecular weight is 276 g/mol. The Morgan fingerprint density at radius 3 is 2.94 bits per heavy atom. The number of aromatic nitrogens is 1. The zero-order valence-corrected chi connectivity index (χ0v) is 12.2. The predicted octanol–water partition coefficient (Wildman–Crippen LogP) is 2.45. The highest BCUT2D eigenvalue weighted by atomic mass is 35.5. The first kappa shape index (κ1) is 14.9. The Labute approximate surface area is 114 Å². The van der Waals surface area contributed by atoms with Gasteiger partial charge in [-0.3, -0.25) is 4.90 Å². The van der Waals surface area contributed by atoms with Gasteiger partial charge in [0.05, 0.1) is 6.54 Å². The summed E-state index contributed by atoms with van der Waals surface area (Å²) in [6, 6.07) is 0.712. The monoisotopic (exact) mass is 275 g/mol. The molecule has 98 valence electrons. The Balaban J connectivity index is 0.00000144. The van der Waals surface area contributed by atoms with Gasteiger partial charge >= 0.3 is 0 Å². The normalized spacial score (nSPS) is 19.6. The van der Waals surface area contributed by atoms with Gasteiger partial charge in [-0.1, -0.05) is 6.92 Å². The van der Waals surface area contributed by atoms with Crippen LogP contribution in [0.15, 0.2) is 5.38 Å². The Bertz CT molecular complexity index is 323. The van der Waals surface area contributed by atoms with E-state index in [0.717, 1.165) is 18.8 Å². The molecule has 1 unspecified atom stereocenters. The van der Waals surface area contributed by atoms with E-state index in [1.165, 1.54) is 30.9 Å². The largest absolute Gasteiger partial charge is 0.315 e. The Hall–Kier alpha value is -0.160. The first-order valence-corrected chi connectivity index (χ1v) is 7.03. The molecule has 0 radical (unpaired) electrons. The number of rotatable bonds is 5. The van der Waals surface area contributed by atoms with Crippen molar-refractivity contribution in [2.45, 2.75) is 39.3 Å². The second kappa shape index (κ2) is 7.31. The van der Waals surface area contributed by atoms with Crippen LogP contribution in [-0.4, -0.2) is 35.6 Å². The summed E-state index contributed by atoms with van der Waals surface area (Å²) in [6.07, 6.45) is 2.51. The predicted molar refractivity (Wildman–Crippen MR) is 76.1 cm³/mol. The van der Waals surface area contributed by atoms with E-state index in [0.29, 0.717) is 6.04 Å². The smallest absolute Gasteiger partial charge is 0.107 e. The summed E-state index contributed by atoms with van der Waals surface area (Å²) in [5.74, 6) is 0. The fourth-order valence-corrected chi connectivity index (χ4v) is 3.07. The molecule has 5 heteroatoms. The lowest BCUT2D eigenvalue weighted by Crippen LogP contribution is -2.36. The Kier molecular flexibility index (Phi) is 6.41. The molecule has 1 atom stereocenters. The molecule has 1 aliphatic rings. The van der Waals surface area contributed by atoms with Crippen molar-refractivity contribution in [3.05, 3.63) is 16.1 Å². The molecular weight excluding hydrogens is 254 g/mol. The maximum Gasteiger partial charge on any atom is 0.107 e. The molecule has 3 nitrogen and oxygen atoms in total. The minimum atomic E-state index is 0. The van der Waals surface area contributed by atoms with Crippen LogP contribution in [0.4, 0.5) is 0 Å². The third kappa shape index (κ3) is 4.21. The van der Waals surface area contributed by atoms with Gasteiger partial charge in [-0.05, 0) is 32.9 Å². The molecule has 0 saturated carbocycles. The van der Waals surface area contributed by atoms with Crippen LogP contribution >= 0.6 is 23.7 Å². The van der Waals surface area contributed by atoms with Crippen molar-refractivity contribution in [2.24, 2.45) is 0 Å². The summed E-state index contributed by atoms with van der Waals surface area (Å²) in [6.45, 7) is 8.85. The zero-order chi connectivity index (χ0) is 11.4. The lowest BCUT2D eigenvalue weighted by Gasteiger charge is -2.26. The number of nitrogens with one attached hydrogen (secondary N) is 1. The van der Waals surface area contributed by atoms with Gasteiger partial charge in [0.15, 0.2) is 0 Å². The lowest BCUT2D eigenvalue weighted by molar-refractivity contribution is 0.199. The molecule has 0 amide bonds. The molecular formula is C12H22ClN3S. The zero-order valence-electron chi connectivity index (χ0n) is 10.6. The van der Waals surface area contributed by atoms with E-state index in [1.807, 2.05) is 0 Å². The van der Waals surface area contributed by atoms with E-state index in [-0.39, 0.29) is 12.4 Å². The van der Waals surface area contributed by atoms with Crippen molar-refractivity contribution < 1.29 is 0 Å². The maximum atomic E-state index is 4.56. The molecule has 1 aromatic heterocycles. The summed E-state index contributed by atoms with van der Waals surface area (Å²) in [7, 11) is 0. The number of aryl methyl sites for hydroxylation is 1. The van der Waals surface area contributed by atoms with Crippen LogP contribution in [0, 0.1) is 6.92 Å². The van der Waals surface area contributed by atoms with E-state index >= 15 is 0 Å². The standard InChI is InChI=1S/C12H21N3S.ClH/c1-3-6-15(11-4-5-13-7-11)8-12-14-10(2)9-16-12;/h9,11,13H,3-8H2,1-2H3;1H. The maximum absolute atomic E-state index is 4.56. The SMILES string of the molecule is CCCN(Cc1nc(C)cs1)C1CCNC1.Cl. The first-order valence-electron chi connectivity index (χ1n) is 6.15. The summed E-state index contributed by atoms with van der Waals surface area (Å²) in [4.78, 5) is 7.14. The fraction of sp³-hybridized carbons (Fsp3) is 0.750. The van der Waals surface area contributed by atoms with Crippen molar-refractivity contribution in [3.63, 3.8) is 0 Å². The van der Waals surface area contributed by atoms with Gasteiger partial charge < -0.3 is 5.32 Å². The summed E-state index contributed by atoms with van der Waals surface area (Å²) >= 11 is 1.79. The highest BCUT2D eigenvalue weighted by Crippen LogP contribution is 2.16. The molecule has 1 saturated heterocycles. The molecule has 1 aromatic rings. The van der Waals surface area contributed by atoms with Crippen molar-refractivity contribution in [1.29, 1.82) is 0 Å². The van der Waals surface area contributed by atoms with E-state index in [4.69, 9.17) is 0 Å². The molecule has 2 heterocycles. The quantitative estimate of drug-likeness (QED) is 0.895. The van der Waals surface area contributed by atoms with Crippen molar-refractivity contribution in [3.8, 4) is 0 Å². The van der Waals surface area contributed by atoms with Crippen LogP contribution in [0.25, 0.3) is 0 Å². The third-order valence-corrected chi connectivity index (χ3v) is 4.02. The van der Waals surface area contributed by atoms with Gasteiger partial charge in [0.1, 0.15) is 5.01 Å². The highest BCUT2D eigenvalue weighted by Gasteiger charge is 2.22. The lowest BCUT2D eigenvalue weighted by atomic mass is 10.2. The molecule has 0 aliphatic carbocycles. The van der Waals surface area contributed by atoms with Crippen LogP contribution in [-0.2, 0) is 6.54 Å². The summed E-state index contributed by atoms with van der Waals surface area (Å²) < 4.78 is 0. The van der Waals surface area contributed by atoms with Gasteiger partial charge in [0.25, 0.3) is 0 Å². The second-order valence-electron chi connectivity index (χ2n) is 4.50. The molecule has 1 N–H and O–H groups in total. The number of hydrogen-bond acceptors (Lipinski definition) is 4. The van der Waals surface area contributed by atoms with Crippen molar-refractivity contribution in [1.82, 2.24) is 15.2 Å². The van der Waals surface area contributed by atoms with Crippen molar-refractivity contribution in [2.75, 3.05) is 19.6 Å². The van der Waals surface area contributed by atoms with Gasteiger partial charge in [0, 0.05) is 23.7 Å². The van der Waals surface area contributed by atoms with Crippen LogP contribution in [0.2, 0.25) is 0 Å². The van der Waals surface area contributed by atoms with Crippen LogP contribution in [0.3, 0.4) is 0 Å². The minimum absolute atomic E-state index is 0. The van der Waals surface area contributed by atoms with Crippen molar-refractivity contribution >= 4 is 23.7 Å². The second-order valence-corrected chi connectivity index (χ2v) is 5.44. The molecule has 0 aromatic carbocycles. The van der Waals surface area contributed by atoms with Gasteiger partial charge in [-0.15, -0.1) is 23.7 Å². The molecule has 1 aliphatic heterocycles. The topological polar surface area (TPSA) is 28.2 Å². The first-order chi connectivity index (χ1) is 7.79.